The highest BCUT2D eigenvalue weighted by molar-refractivity contribution is 6.11. The topological polar surface area (TPSA) is 188 Å². The Hall–Kier alpha value is -14.4. The van der Waals surface area contributed by atoms with Crippen LogP contribution in [0.5, 0.6) is 34.5 Å². The minimum atomic E-state index is -0.893. The largest absolute Gasteiger partial charge is 0.497 e. The molecule has 0 aliphatic carbocycles. The second-order valence-corrected chi connectivity index (χ2v) is 29.2. The third-order valence-corrected chi connectivity index (χ3v) is 19.8. The zero-order valence-electron chi connectivity index (χ0n) is 68.7. The highest BCUT2D eigenvalue weighted by Gasteiger charge is 2.22. The average Bonchev–Trinajstić information content (AvgIpc) is 0.777. The van der Waals surface area contributed by atoms with Gasteiger partial charge in [-0.2, -0.15) is 0 Å². The molecule has 0 saturated heterocycles. The van der Waals surface area contributed by atoms with E-state index in [9.17, 15) is 19.5 Å². The summed E-state index contributed by atoms with van der Waals surface area (Å²) in [5.74, 6) is 15.1. The number of methoxy groups -OCH3 is 2. The van der Waals surface area contributed by atoms with Crippen molar-refractivity contribution in [2.24, 2.45) is 0 Å². The first-order chi connectivity index (χ1) is 57.6. The van der Waals surface area contributed by atoms with E-state index >= 15 is 0 Å². The molecule has 0 bridgehead atoms. The predicted octanol–water partition coefficient (Wildman–Crippen LogP) is 22.5. The molecule has 15 heteroatoms. The molecule has 1 unspecified atom stereocenters. The SMILES string of the molecule is C#CCOc1ccc2cc(C(=O)OCC)nc(-c3ccc(C(C)C)cc3)c2c1.C#CCOc1ccc2cc(C(=O)c3cccc(OC)c3)nc(-c3ccc(C(C)C)cc3)c2c1.C#CCOc1ccc2cc(C(O)c3cccc(OC)c3)nc(-c3ccc(C(C)C)cc3)c2c1.C#CCOc1ccc2cc(C=O)nc(-c3ccc(C(C)C)cc3)c2c1. The Labute approximate surface area is 696 Å². The highest BCUT2D eigenvalue weighted by Crippen LogP contribution is 2.39. The second kappa shape index (κ2) is 40.8. The molecule has 0 spiro atoms. The summed E-state index contributed by atoms with van der Waals surface area (Å²) in [6.07, 6.45) is 21.1. The molecule has 0 aliphatic rings. The lowest BCUT2D eigenvalue weighted by atomic mass is 9.97. The molecular formula is C104H94N4O11. The Morgan fingerprint density at radius 1 is 0.378 bits per heavy atom. The number of fused-ring (bicyclic) bond motifs is 4. The first kappa shape index (κ1) is 85.5. The van der Waals surface area contributed by atoms with E-state index in [1.54, 1.807) is 51.5 Å². The molecular weight excluding hydrogens is 1480 g/mol. The minimum absolute atomic E-state index is 0.163. The van der Waals surface area contributed by atoms with E-state index in [0.717, 1.165) is 94.3 Å². The molecule has 4 aromatic heterocycles. The number of terminal acetylenes is 4. The molecule has 10 aromatic carbocycles. The molecule has 0 fully saturated rings. The Morgan fingerprint density at radius 2 is 0.723 bits per heavy atom. The van der Waals surface area contributed by atoms with Crippen LogP contribution in [0.2, 0.25) is 0 Å². The summed E-state index contributed by atoms with van der Waals surface area (Å²) in [4.78, 5) is 55.8. The van der Waals surface area contributed by atoms with E-state index in [1.165, 1.54) is 22.3 Å². The third-order valence-electron chi connectivity index (χ3n) is 19.8. The van der Waals surface area contributed by atoms with Gasteiger partial charge in [-0.1, -0.05) is 225 Å². The van der Waals surface area contributed by atoms with Crippen molar-refractivity contribution in [3.05, 3.63) is 299 Å². The predicted molar refractivity (Wildman–Crippen MR) is 477 cm³/mol. The standard InChI is InChI=1S/C29H27NO3.C29H25NO3.C24H23NO3.C22H19NO2/c2*1-5-15-33-25-14-13-22-17-27(29(31)23-7-6-8-24(16-23)32-4)30-28(26(22)18-25)21-11-9-20(10-12-21)19(2)3;1-5-13-28-20-12-11-19-14-22(24(26)27-6-2)25-23(21(19)15-20)18-9-7-17(8-10-18)16(3)4;1-4-11-25-20-10-9-18-12-19(14-24)23-22(21(18)13-20)17-7-5-16(6-8-17)15(2)3/h1,6-14,16-19,29,31H,15H2,2-4H3;1,6-14,16-19H,15H2,2-4H3;1,7-12,14-16H,6,13H2,2-4H3;1,5-10,12-15H,11H2,2-3H3. The summed E-state index contributed by atoms with van der Waals surface area (Å²) in [6.45, 7) is 20.1. The summed E-state index contributed by atoms with van der Waals surface area (Å²) in [5, 5.41) is 18.5. The maximum Gasteiger partial charge on any atom is 0.356 e. The lowest BCUT2D eigenvalue weighted by Gasteiger charge is -2.16. The fourth-order valence-electron chi connectivity index (χ4n) is 13.3. The number of benzene rings is 10. The van der Waals surface area contributed by atoms with Gasteiger partial charge >= 0.3 is 5.97 Å². The number of ketones is 1. The Kier molecular flexibility index (Phi) is 29.3. The van der Waals surface area contributed by atoms with Gasteiger partial charge in [-0.25, -0.2) is 24.7 Å². The molecule has 14 rings (SSSR count). The van der Waals surface area contributed by atoms with Crippen molar-refractivity contribution in [2.45, 2.75) is 92.1 Å². The smallest absolute Gasteiger partial charge is 0.356 e. The number of carbonyl (C=O) groups excluding carboxylic acids is 3. The number of carbonyl (C=O) groups is 3. The van der Waals surface area contributed by atoms with Crippen LogP contribution in [0.4, 0.5) is 0 Å². The average molecular weight is 1580 g/mol. The van der Waals surface area contributed by atoms with Crippen LogP contribution in [0.1, 0.15) is 163 Å². The maximum absolute atomic E-state index is 13.3. The van der Waals surface area contributed by atoms with Crippen molar-refractivity contribution in [3.8, 4) is 129 Å². The van der Waals surface area contributed by atoms with Gasteiger partial charge < -0.3 is 38.3 Å². The summed E-state index contributed by atoms with van der Waals surface area (Å²) < 4.78 is 38.1. The van der Waals surface area contributed by atoms with E-state index < -0.39 is 12.1 Å². The summed E-state index contributed by atoms with van der Waals surface area (Å²) in [6, 6.07) is 77.8. The summed E-state index contributed by atoms with van der Waals surface area (Å²) >= 11 is 0. The van der Waals surface area contributed by atoms with Crippen molar-refractivity contribution in [3.63, 3.8) is 0 Å². The van der Waals surface area contributed by atoms with Gasteiger partial charge in [-0.05, 0) is 177 Å². The van der Waals surface area contributed by atoms with Gasteiger partial charge in [-0.3, -0.25) is 9.59 Å². The molecule has 1 atom stereocenters. The van der Waals surface area contributed by atoms with E-state index in [0.29, 0.717) is 93.1 Å². The number of hydrogen-bond acceptors (Lipinski definition) is 15. The monoisotopic (exact) mass is 1570 g/mol. The number of rotatable bonds is 25. The molecule has 15 nitrogen and oxygen atoms in total. The zero-order valence-corrected chi connectivity index (χ0v) is 68.7. The quantitative estimate of drug-likeness (QED) is 0.0246. The lowest BCUT2D eigenvalue weighted by Crippen LogP contribution is -2.08. The molecule has 4 heterocycles. The van der Waals surface area contributed by atoms with Crippen molar-refractivity contribution >= 4 is 61.1 Å². The second-order valence-electron chi connectivity index (χ2n) is 29.2. The number of aliphatic hydroxyl groups is 1. The van der Waals surface area contributed by atoms with Crippen molar-refractivity contribution < 1.29 is 52.6 Å². The van der Waals surface area contributed by atoms with Gasteiger partial charge in [-0.15, -0.1) is 25.7 Å². The first-order valence-corrected chi connectivity index (χ1v) is 39.2. The number of hydrogen-bond donors (Lipinski definition) is 1. The van der Waals surface area contributed by atoms with Gasteiger partial charge in [0.2, 0.25) is 5.78 Å². The van der Waals surface area contributed by atoms with Crippen LogP contribution in [-0.4, -0.2) is 90.3 Å². The Bertz CT molecular complexity index is 6120. The molecule has 596 valence electrons. The van der Waals surface area contributed by atoms with E-state index in [-0.39, 0.29) is 37.9 Å². The van der Waals surface area contributed by atoms with Crippen LogP contribution in [0.3, 0.4) is 0 Å². The number of esters is 1. The van der Waals surface area contributed by atoms with Crippen LogP contribution in [-0.2, 0) is 4.74 Å². The van der Waals surface area contributed by atoms with Gasteiger partial charge in [0.05, 0.1) is 49.3 Å². The van der Waals surface area contributed by atoms with E-state index in [4.69, 9.17) is 68.8 Å². The number of aldehydes is 1. The first-order valence-electron chi connectivity index (χ1n) is 39.2. The number of aliphatic hydroxyl groups excluding tert-OH is 1. The fourth-order valence-corrected chi connectivity index (χ4v) is 13.3. The van der Waals surface area contributed by atoms with Crippen LogP contribution < -0.4 is 28.4 Å². The van der Waals surface area contributed by atoms with Crippen LogP contribution in [0.25, 0.3) is 88.1 Å². The van der Waals surface area contributed by atoms with Gasteiger partial charge in [0.25, 0.3) is 0 Å². The Balaban J connectivity index is 0.000000156. The van der Waals surface area contributed by atoms with Gasteiger partial charge in [0, 0.05) is 49.4 Å². The van der Waals surface area contributed by atoms with E-state index in [2.05, 4.69) is 150 Å². The summed E-state index contributed by atoms with van der Waals surface area (Å²) in [7, 11) is 3.19. The molecule has 119 heavy (non-hydrogen) atoms. The van der Waals surface area contributed by atoms with Crippen LogP contribution in [0, 0.1) is 49.4 Å². The molecule has 0 saturated carbocycles. The normalized spacial score (nSPS) is 11.0. The van der Waals surface area contributed by atoms with Crippen LogP contribution in [0.15, 0.2) is 243 Å². The summed E-state index contributed by atoms with van der Waals surface area (Å²) in [5.41, 5.74) is 14.7. The fraction of sp³-hybridized carbons (Fsp3) is 0.202. The van der Waals surface area contributed by atoms with Crippen molar-refractivity contribution in [1.29, 1.82) is 0 Å². The number of aromatic nitrogens is 4. The van der Waals surface area contributed by atoms with Crippen LogP contribution >= 0.6 is 0 Å². The molecule has 14 aromatic rings. The van der Waals surface area contributed by atoms with Gasteiger partial charge in [0.15, 0.2) is 6.29 Å². The molecule has 1 N–H and O–H groups in total. The minimum Gasteiger partial charge on any atom is -0.497 e. The highest BCUT2D eigenvalue weighted by atomic mass is 16.5. The molecule has 0 radical (unpaired) electrons. The van der Waals surface area contributed by atoms with E-state index in [1.807, 2.05) is 152 Å². The molecule has 0 amide bonds. The number of ether oxygens (including phenoxy) is 7. The van der Waals surface area contributed by atoms with Crippen molar-refractivity contribution in [2.75, 3.05) is 47.3 Å². The van der Waals surface area contributed by atoms with Crippen molar-refractivity contribution in [1.82, 2.24) is 19.9 Å². The van der Waals surface area contributed by atoms with Gasteiger partial charge in [0.1, 0.15) is 84.1 Å². The third kappa shape index (κ3) is 21.6. The number of nitrogens with zero attached hydrogens (tertiary/aromatic N) is 4. The Morgan fingerprint density at radius 3 is 1.09 bits per heavy atom. The molecule has 0 aliphatic heterocycles. The maximum atomic E-state index is 13.3. The zero-order chi connectivity index (χ0) is 84.7. The number of pyridine rings is 4. The lowest BCUT2D eigenvalue weighted by molar-refractivity contribution is 0.0519.